The summed E-state index contributed by atoms with van der Waals surface area (Å²) in [5, 5.41) is 13.4. The van der Waals surface area contributed by atoms with Crippen LogP contribution in [0.3, 0.4) is 0 Å². The van der Waals surface area contributed by atoms with Gasteiger partial charge in [-0.05, 0) is 11.6 Å². The van der Waals surface area contributed by atoms with E-state index in [4.69, 9.17) is 11.6 Å². The van der Waals surface area contributed by atoms with Crippen molar-refractivity contribution < 1.29 is 18.1 Å². The lowest BCUT2D eigenvalue weighted by atomic mass is 10.2. The van der Waals surface area contributed by atoms with Gasteiger partial charge in [0.15, 0.2) is 11.6 Å². The predicted molar refractivity (Wildman–Crippen MR) is 71.7 cm³/mol. The second-order valence-corrected chi connectivity index (χ2v) is 4.54. The molecule has 4 nitrogen and oxygen atoms in total. The quantitative estimate of drug-likeness (QED) is 0.520. The van der Waals surface area contributed by atoms with Gasteiger partial charge in [-0.3, -0.25) is 10.1 Å². The molecule has 0 saturated carbocycles. The molecule has 0 aliphatic rings. The molecule has 0 radical (unpaired) electrons. The molecule has 0 unspecified atom stereocenters. The van der Waals surface area contributed by atoms with E-state index >= 15 is 0 Å². The summed E-state index contributed by atoms with van der Waals surface area (Å²) in [5.74, 6) is -3.48. The fourth-order valence-corrected chi connectivity index (χ4v) is 1.84. The maximum atomic E-state index is 13.4. The molecule has 0 atom stereocenters. The van der Waals surface area contributed by atoms with E-state index in [1.54, 1.807) is 0 Å². The maximum Gasteiger partial charge on any atom is 0.269 e. The van der Waals surface area contributed by atoms with Crippen molar-refractivity contribution in [3.8, 4) is 0 Å². The number of anilines is 1. The van der Waals surface area contributed by atoms with Crippen LogP contribution in [0.25, 0.3) is 0 Å². The fraction of sp³-hybridized carbons (Fsp3) is 0.0769. The summed E-state index contributed by atoms with van der Waals surface area (Å²) < 4.78 is 39.3. The molecule has 0 saturated heterocycles. The van der Waals surface area contributed by atoms with E-state index in [1.165, 1.54) is 18.2 Å². The zero-order chi connectivity index (χ0) is 15.6. The lowest BCUT2D eigenvalue weighted by molar-refractivity contribution is -0.384. The molecule has 0 spiro atoms. The second kappa shape index (κ2) is 6.01. The molecule has 8 heteroatoms. The minimum absolute atomic E-state index is 0.0808. The van der Waals surface area contributed by atoms with Gasteiger partial charge in [0.2, 0.25) is 0 Å². The molecule has 0 aliphatic carbocycles. The summed E-state index contributed by atoms with van der Waals surface area (Å²) in [6.07, 6.45) is 0. The number of hydrogen-bond donors (Lipinski definition) is 1. The van der Waals surface area contributed by atoms with Crippen molar-refractivity contribution in [3.05, 3.63) is 68.5 Å². The normalized spacial score (nSPS) is 10.5. The first-order chi connectivity index (χ1) is 9.88. The molecule has 110 valence electrons. The second-order valence-electron chi connectivity index (χ2n) is 4.13. The summed E-state index contributed by atoms with van der Waals surface area (Å²) >= 11 is 5.87. The van der Waals surface area contributed by atoms with Crippen molar-refractivity contribution in [1.82, 2.24) is 0 Å². The molecule has 0 bridgehead atoms. The fourth-order valence-electron chi connectivity index (χ4n) is 1.66. The number of rotatable bonds is 4. The average molecular weight is 317 g/mol. The van der Waals surface area contributed by atoms with Gasteiger partial charge in [-0.25, -0.2) is 13.2 Å². The highest BCUT2D eigenvalue weighted by Crippen LogP contribution is 2.24. The van der Waals surface area contributed by atoms with Crippen molar-refractivity contribution in [1.29, 1.82) is 0 Å². The predicted octanol–water partition coefficient (Wildman–Crippen LogP) is 4.28. The van der Waals surface area contributed by atoms with Crippen LogP contribution in [-0.4, -0.2) is 4.92 Å². The van der Waals surface area contributed by atoms with Crippen LogP contribution < -0.4 is 5.32 Å². The van der Waals surface area contributed by atoms with E-state index in [9.17, 15) is 23.3 Å². The van der Waals surface area contributed by atoms with Crippen LogP contribution >= 0.6 is 11.6 Å². The van der Waals surface area contributed by atoms with Gasteiger partial charge in [0, 0.05) is 35.8 Å². The number of benzene rings is 2. The zero-order valence-electron chi connectivity index (χ0n) is 10.4. The summed E-state index contributed by atoms with van der Waals surface area (Å²) in [4.78, 5) is 10.1. The van der Waals surface area contributed by atoms with Crippen LogP contribution in [0.2, 0.25) is 5.02 Å². The van der Waals surface area contributed by atoms with E-state index < -0.39 is 22.4 Å². The van der Waals surface area contributed by atoms with E-state index in [-0.39, 0.29) is 22.9 Å². The molecular weight excluding hydrogens is 309 g/mol. The van der Waals surface area contributed by atoms with E-state index in [2.05, 4.69) is 5.32 Å². The Bertz CT molecular complexity index is 710. The first-order valence-corrected chi connectivity index (χ1v) is 6.07. The lowest BCUT2D eigenvalue weighted by Crippen LogP contribution is -2.04. The third kappa shape index (κ3) is 3.43. The van der Waals surface area contributed by atoms with Crippen LogP contribution in [-0.2, 0) is 6.54 Å². The van der Waals surface area contributed by atoms with Gasteiger partial charge in [-0.1, -0.05) is 11.6 Å². The molecule has 0 amide bonds. The Kier molecular flexibility index (Phi) is 4.32. The Morgan fingerprint density at radius 2 is 1.76 bits per heavy atom. The molecule has 2 aromatic rings. The maximum absolute atomic E-state index is 13.4. The summed E-state index contributed by atoms with van der Waals surface area (Å²) in [6, 6.07) is 4.85. The van der Waals surface area contributed by atoms with Gasteiger partial charge in [-0.2, -0.15) is 0 Å². The number of halogens is 4. The van der Waals surface area contributed by atoms with Crippen molar-refractivity contribution in [2.45, 2.75) is 6.54 Å². The Balaban J connectivity index is 2.22. The van der Waals surface area contributed by atoms with Gasteiger partial charge in [0.1, 0.15) is 5.82 Å². The standard InChI is InChI=1S/C13H8ClF3N2O2/c14-9-2-1-8(19(20)21)3-7(9)6-18-13-5-11(16)10(15)4-12(13)17/h1-5,18H,6H2. The Morgan fingerprint density at radius 1 is 1.10 bits per heavy atom. The number of hydrogen-bond acceptors (Lipinski definition) is 3. The molecule has 2 aromatic carbocycles. The van der Waals surface area contributed by atoms with E-state index in [0.29, 0.717) is 17.7 Å². The summed E-state index contributed by atoms with van der Waals surface area (Å²) in [6.45, 7) is -0.0808. The molecule has 21 heavy (non-hydrogen) atoms. The molecule has 2 rings (SSSR count). The van der Waals surface area contributed by atoms with Crippen molar-refractivity contribution in [2.24, 2.45) is 0 Å². The monoisotopic (exact) mass is 316 g/mol. The highest BCUT2D eigenvalue weighted by atomic mass is 35.5. The minimum Gasteiger partial charge on any atom is -0.378 e. The van der Waals surface area contributed by atoms with E-state index in [1.807, 2.05) is 0 Å². The van der Waals surface area contributed by atoms with Crippen LogP contribution in [0.1, 0.15) is 5.56 Å². The van der Waals surface area contributed by atoms with Gasteiger partial charge < -0.3 is 5.32 Å². The molecule has 1 N–H and O–H groups in total. The van der Waals surface area contributed by atoms with E-state index in [0.717, 1.165) is 0 Å². The Hall–Kier alpha value is -2.28. The van der Waals surface area contributed by atoms with Gasteiger partial charge in [-0.15, -0.1) is 0 Å². The number of nitro groups is 1. The zero-order valence-corrected chi connectivity index (χ0v) is 11.1. The molecule has 0 aromatic heterocycles. The minimum atomic E-state index is -1.30. The van der Waals surface area contributed by atoms with Crippen molar-refractivity contribution in [2.75, 3.05) is 5.32 Å². The smallest absolute Gasteiger partial charge is 0.269 e. The first-order valence-electron chi connectivity index (χ1n) is 5.69. The topological polar surface area (TPSA) is 55.2 Å². The summed E-state index contributed by atoms with van der Waals surface area (Å²) in [7, 11) is 0. The molecule has 0 aliphatic heterocycles. The van der Waals surface area contributed by atoms with Crippen LogP contribution in [0, 0.1) is 27.6 Å². The van der Waals surface area contributed by atoms with Crippen molar-refractivity contribution >= 4 is 23.0 Å². The number of non-ortho nitro benzene ring substituents is 1. The molecule has 0 heterocycles. The Morgan fingerprint density at radius 3 is 2.43 bits per heavy atom. The lowest BCUT2D eigenvalue weighted by Gasteiger charge is -2.09. The van der Waals surface area contributed by atoms with Crippen LogP contribution in [0.4, 0.5) is 24.5 Å². The van der Waals surface area contributed by atoms with Crippen LogP contribution in [0.5, 0.6) is 0 Å². The molecule has 0 fully saturated rings. The number of nitrogens with zero attached hydrogens (tertiary/aromatic N) is 1. The number of nitro benzene ring substituents is 1. The van der Waals surface area contributed by atoms with Crippen LogP contribution in [0.15, 0.2) is 30.3 Å². The average Bonchev–Trinajstić information content (AvgIpc) is 2.42. The summed E-state index contributed by atoms with van der Waals surface area (Å²) in [5.41, 5.74) is -0.117. The largest absolute Gasteiger partial charge is 0.378 e. The molecular formula is C13H8ClF3N2O2. The third-order valence-electron chi connectivity index (χ3n) is 2.72. The first kappa shape index (κ1) is 15.1. The highest BCUT2D eigenvalue weighted by molar-refractivity contribution is 6.31. The van der Waals surface area contributed by atoms with Gasteiger partial charge in [0.05, 0.1) is 10.6 Å². The third-order valence-corrected chi connectivity index (χ3v) is 3.09. The number of nitrogens with one attached hydrogen (secondary N) is 1. The van der Waals surface area contributed by atoms with Gasteiger partial charge >= 0.3 is 0 Å². The highest BCUT2D eigenvalue weighted by Gasteiger charge is 2.12. The van der Waals surface area contributed by atoms with Crippen molar-refractivity contribution in [3.63, 3.8) is 0 Å². The SMILES string of the molecule is O=[N+]([O-])c1ccc(Cl)c(CNc2cc(F)c(F)cc2F)c1. The Labute approximate surface area is 122 Å². The van der Waals surface area contributed by atoms with Gasteiger partial charge in [0.25, 0.3) is 5.69 Å².